The fraction of sp³-hybridized carbons (Fsp3) is 0.321. The molecule has 8 nitrogen and oxygen atoms in total. The maximum atomic E-state index is 12.7. The minimum Gasteiger partial charge on any atom is -0.468 e. The number of carbonyl (C=O) groups is 3. The van der Waals surface area contributed by atoms with Crippen molar-refractivity contribution in [2.24, 2.45) is 0 Å². The first kappa shape index (κ1) is 25.2. The van der Waals surface area contributed by atoms with Gasteiger partial charge in [0.15, 0.2) is 0 Å². The lowest BCUT2D eigenvalue weighted by molar-refractivity contribution is -0.125. The van der Waals surface area contributed by atoms with E-state index in [9.17, 15) is 14.4 Å². The molecule has 1 aromatic heterocycles. The maximum Gasteiger partial charge on any atom is 0.251 e. The molecule has 0 unspecified atom stereocenters. The number of carbonyl (C=O) groups excluding carboxylic acids is 3. The Bertz CT molecular complexity index is 1180. The van der Waals surface area contributed by atoms with Gasteiger partial charge in [-0.05, 0) is 67.6 Å². The molecule has 188 valence electrons. The molecule has 0 atom stereocenters. The van der Waals surface area contributed by atoms with Crippen molar-refractivity contribution in [1.29, 1.82) is 0 Å². The van der Waals surface area contributed by atoms with E-state index in [-0.39, 0.29) is 30.8 Å². The summed E-state index contributed by atoms with van der Waals surface area (Å²) in [5.74, 6) is 0.128. The number of anilines is 1. The van der Waals surface area contributed by atoms with E-state index >= 15 is 0 Å². The summed E-state index contributed by atoms with van der Waals surface area (Å²) in [6, 6.07) is 17.2. The van der Waals surface area contributed by atoms with Crippen molar-refractivity contribution in [2.45, 2.75) is 45.8 Å². The van der Waals surface area contributed by atoms with E-state index in [1.54, 1.807) is 24.5 Å². The van der Waals surface area contributed by atoms with Gasteiger partial charge in [0.2, 0.25) is 11.8 Å². The first-order valence-electron chi connectivity index (χ1n) is 12.1. The molecule has 1 aliphatic rings. The summed E-state index contributed by atoms with van der Waals surface area (Å²) in [5, 5.41) is 8.57. The molecule has 0 saturated heterocycles. The second-order valence-electron chi connectivity index (χ2n) is 9.26. The molecule has 0 radical (unpaired) electrons. The van der Waals surface area contributed by atoms with E-state index in [4.69, 9.17) is 4.42 Å². The molecule has 1 fully saturated rings. The standard InChI is InChI=1S/C28H32N4O4/c1-19-5-3-6-20(2)27(19)31-25(33)15-29-26(34)18-32(17-24-7-4-14-36-24)16-21-8-10-22(11-9-21)28(35)30-23-12-13-23/h3-11,14,23H,12-13,15-18H2,1-2H3,(H,29,34)(H,30,35)(H,31,33). The highest BCUT2D eigenvalue weighted by Crippen LogP contribution is 2.20. The molecular formula is C28H32N4O4. The number of hydrogen-bond acceptors (Lipinski definition) is 5. The number of nitrogens with one attached hydrogen (secondary N) is 3. The third-order valence-electron chi connectivity index (χ3n) is 6.05. The van der Waals surface area contributed by atoms with Crippen LogP contribution < -0.4 is 16.0 Å². The highest BCUT2D eigenvalue weighted by molar-refractivity contribution is 5.96. The molecular weight excluding hydrogens is 456 g/mol. The van der Waals surface area contributed by atoms with Crippen LogP contribution in [0.25, 0.3) is 0 Å². The van der Waals surface area contributed by atoms with Crippen molar-refractivity contribution in [3.05, 3.63) is 88.9 Å². The Morgan fingerprint density at radius 2 is 1.64 bits per heavy atom. The van der Waals surface area contributed by atoms with Crippen LogP contribution in [0.1, 0.15) is 45.7 Å². The fourth-order valence-corrected chi connectivity index (χ4v) is 3.94. The largest absolute Gasteiger partial charge is 0.468 e. The Morgan fingerprint density at radius 3 is 2.28 bits per heavy atom. The van der Waals surface area contributed by atoms with Gasteiger partial charge in [-0.2, -0.15) is 0 Å². The molecule has 3 aromatic rings. The molecule has 4 rings (SSSR count). The lowest BCUT2D eigenvalue weighted by Gasteiger charge is -2.21. The third-order valence-corrected chi connectivity index (χ3v) is 6.05. The zero-order chi connectivity index (χ0) is 25.5. The van der Waals surface area contributed by atoms with Gasteiger partial charge in [0, 0.05) is 23.8 Å². The van der Waals surface area contributed by atoms with E-state index in [1.165, 1.54) is 0 Å². The van der Waals surface area contributed by atoms with Crippen LogP contribution in [0.15, 0.2) is 65.3 Å². The van der Waals surface area contributed by atoms with Crippen LogP contribution in [-0.2, 0) is 22.7 Å². The maximum absolute atomic E-state index is 12.7. The number of nitrogens with zero attached hydrogens (tertiary/aromatic N) is 1. The van der Waals surface area contributed by atoms with Crippen molar-refractivity contribution in [1.82, 2.24) is 15.5 Å². The van der Waals surface area contributed by atoms with Gasteiger partial charge in [-0.1, -0.05) is 30.3 Å². The molecule has 0 spiro atoms. The summed E-state index contributed by atoms with van der Waals surface area (Å²) in [6.07, 6.45) is 3.68. The smallest absolute Gasteiger partial charge is 0.251 e. The summed E-state index contributed by atoms with van der Waals surface area (Å²) in [6.45, 7) is 4.74. The molecule has 1 saturated carbocycles. The van der Waals surface area contributed by atoms with Crippen LogP contribution in [-0.4, -0.2) is 41.8 Å². The highest BCUT2D eigenvalue weighted by Gasteiger charge is 2.23. The van der Waals surface area contributed by atoms with Crippen molar-refractivity contribution in [3.63, 3.8) is 0 Å². The molecule has 0 bridgehead atoms. The molecule has 8 heteroatoms. The Hall–Kier alpha value is -3.91. The molecule has 1 aliphatic carbocycles. The van der Waals surface area contributed by atoms with E-state index in [0.29, 0.717) is 24.7 Å². The number of hydrogen-bond donors (Lipinski definition) is 3. The van der Waals surface area contributed by atoms with Crippen LogP contribution in [0.3, 0.4) is 0 Å². The lowest BCUT2D eigenvalue weighted by Crippen LogP contribution is -2.40. The van der Waals surface area contributed by atoms with Gasteiger partial charge >= 0.3 is 0 Å². The van der Waals surface area contributed by atoms with Crippen LogP contribution in [0.4, 0.5) is 5.69 Å². The van der Waals surface area contributed by atoms with Gasteiger partial charge in [-0.25, -0.2) is 0 Å². The minimum atomic E-state index is -0.279. The van der Waals surface area contributed by atoms with E-state index in [1.807, 2.05) is 55.1 Å². The zero-order valence-electron chi connectivity index (χ0n) is 20.7. The van der Waals surface area contributed by atoms with Crippen LogP contribution in [0, 0.1) is 13.8 Å². The van der Waals surface area contributed by atoms with Crippen LogP contribution in [0.2, 0.25) is 0 Å². The molecule has 3 amide bonds. The molecule has 2 aromatic carbocycles. The predicted molar refractivity (Wildman–Crippen MR) is 137 cm³/mol. The van der Waals surface area contributed by atoms with Crippen LogP contribution in [0.5, 0.6) is 0 Å². The Kier molecular flexibility index (Phi) is 8.17. The second-order valence-corrected chi connectivity index (χ2v) is 9.26. The van der Waals surface area contributed by atoms with Crippen molar-refractivity contribution >= 4 is 23.4 Å². The van der Waals surface area contributed by atoms with E-state index in [0.717, 1.165) is 41.0 Å². The summed E-state index contributed by atoms with van der Waals surface area (Å²) in [5.41, 5.74) is 4.29. The van der Waals surface area contributed by atoms with Gasteiger partial charge in [-0.15, -0.1) is 0 Å². The van der Waals surface area contributed by atoms with E-state index in [2.05, 4.69) is 16.0 Å². The lowest BCUT2D eigenvalue weighted by atomic mass is 10.1. The second kappa shape index (κ2) is 11.7. The summed E-state index contributed by atoms with van der Waals surface area (Å²) in [4.78, 5) is 39.3. The number of aryl methyl sites for hydroxylation is 2. The number of rotatable bonds is 11. The van der Waals surface area contributed by atoms with E-state index < -0.39 is 0 Å². The fourth-order valence-electron chi connectivity index (χ4n) is 3.94. The van der Waals surface area contributed by atoms with Crippen LogP contribution >= 0.6 is 0 Å². The van der Waals surface area contributed by atoms with Gasteiger partial charge < -0.3 is 20.4 Å². The molecule has 3 N–H and O–H groups in total. The average molecular weight is 489 g/mol. The molecule has 36 heavy (non-hydrogen) atoms. The van der Waals surface area contributed by atoms with Gasteiger partial charge in [0.05, 0.1) is 25.9 Å². The Labute approximate surface area is 211 Å². The Morgan fingerprint density at radius 1 is 0.917 bits per heavy atom. The zero-order valence-corrected chi connectivity index (χ0v) is 20.7. The summed E-state index contributed by atoms with van der Waals surface area (Å²) < 4.78 is 5.47. The highest BCUT2D eigenvalue weighted by atomic mass is 16.3. The van der Waals surface area contributed by atoms with Gasteiger partial charge in [-0.3, -0.25) is 19.3 Å². The average Bonchev–Trinajstić information content (AvgIpc) is 3.52. The van der Waals surface area contributed by atoms with Crippen molar-refractivity contribution in [2.75, 3.05) is 18.4 Å². The number of amides is 3. The topological polar surface area (TPSA) is 104 Å². The number of benzene rings is 2. The summed E-state index contributed by atoms with van der Waals surface area (Å²) in [7, 11) is 0. The first-order chi connectivity index (χ1) is 17.4. The minimum absolute atomic E-state index is 0.0602. The van der Waals surface area contributed by atoms with Gasteiger partial charge in [0.25, 0.3) is 5.91 Å². The van der Waals surface area contributed by atoms with Gasteiger partial charge in [0.1, 0.15) is 5.76 Å². The monoisotopic (exact) mass is 488 g/mol. The SMILES string of the molecule is Cc1cccc(C)c1NC(=O)CNC(=O)CN(Cc1ccc(C(=O)NC2CC2)cc1)Cc1ccco1. The molecule has 0 aliphatic heterocycles. The number of furan rings is 1. The van der Waals surface area contributed by atoms with Crippen molar-refractivity contribution in [3.8, 4) is 0 Å². The third kappa shape index (κ3) is 7.29. The normalized spacial score (nSPS) is 12.9. The first-order valence-corrected chi connectivity index (χ1v) is 12.1. The predicted octanol–water partition coefficient (Wildman–Crippen LogP) is 3.55. The van der Waals surface area contributed by atoms with Crippen molar-refractivity contribution < 1.29 is 18.8 Å². The Balaban J connectivity index is 1.32. The number of para-hydroxylation sites is 1. The molecule has 1 heterocycles. The summed E-state index contributed by atoms with van der Waals surface area (Å²) >= 11 is 0. The quantitative estimate of drug-likeness (QED) is 0.383.